The molecular formula is C25H20BrF3N2O2S. The molecule has 0 bridgehead atoms. The second-order valence-electron chi connectivity index (χ2n) is 8.42. The molecule has 34 heavy (non-hydrogen) atoms. The molecule has 5 rings (SSSR count). The molecule has 0 fully saturated rings. The van der Waals surface area contributed by atoms with Gasteiger partial charge >= 0.3 is 6.18 Å². The number of anilines is 2. The first-order valence-corrected chi connectivity index (χ1v) is 12.9. The molecule has 2 N–H and O–H groups in total. The second-order valence-corrected chi connectivity index (χ2v) is 11.0. The van der Waals surface area contributed by atoms with Gasteiger partial charge in [-0.05, 0) is 72.0 Å². The minimum Gasteiger partial charge on any atom is -0.378 e. The molecule has 9 heteroatoms. The molecule has 4 nitrogen and oxygen atoms in total. The third-order valence-corrected chi connectivity index (χ3v) is 8.25. The number of alkyl halides is 3. The summed E-state index contributed by atoms with van der Waals surface area (Å²) in [5, 5.41) is 3.27. The van der Waals surface area contributed by atoms with Crippen molar-refractivity contribution in [2.24, 2.45) is 5.92 Å². The van der Waals surface area contributed by atoms with Crippen LogP contribution in [-0.4, -0.2) is 8.42 Å². The minimum absolute atomic E-state index is 0.101. The molecule has 0 unspecified atom stereocenters. The lowest BCUT2D eigenvalue weighted by atomic mass is 9.76. The first-order valence-electron chi connectivity index (χ1n) is 10.7. The number of allylic oxidation sites excluding steroid dienone is 2. The Morgan fingerprint density at radius 3 is 2.44 bits per heavy atom. The maximum absolute atomic E-state index is 13.7. The highest BCUT2D eigenvalue weighted by Crippen LogP contribution is 2.51. The van der Waals surface area contributed by atoms with Crippen molar-refractivity contribution in [1.29, 1.82) is 0 Å². The number of fused-ring (bicyclic) bond motifs is 3. The van der Waals surface area contributed by atoms with Crippen LogP contribution in [0.1, 0.15) is 35.1 Å². The number of benzene rings is 3. The van der Waals surface area contributed by atoms with Crippen LogP contribution in [0.5, 0.6) is 0 Å². The van der Waals surface area contributed by atoms with Gasteiger partial charge in [-0.1, -0.05) is 46.3 Å². The van der Waals surface area contributed by atoms with Gasteiger partial charge in [-0.3, -0.25) is 4.72 Å². The number of rotatable bonds is 4. The monoisotopic (exact) mass is 548 g/mol. The standard InChI is InChI=1S/C25H20BrF3N2O2S/c26-15-8-10-16(11-9-15)31-34(32,33)17-12-13-23-21(14-17)18-5-3-6-19(18)24(30-23)20-4-1-2-7-22(20)25(27,28)29/h1-5,7-14,18-19,24,30-31H,6H2/t18-,19+,24-/m0/s1. The van der Waals surface area contributed by atoms with Gasteiger partial charge in [0.05, 0.1) is 16.5 Å². The molecule has 0 radical (unpaired) electrons. The average Bonchev–Trinajstić information content (AvgIpc) is 3.29. The Morgan fingerprint density at radius 2 is 1.71 bits per heavy atom. The normalized spacial score (nSPS) is 21.5. The van der Waals surface area contributed by atoms with Crippen LogP contribution in [0.15, 0.2) is 88.3 Å². The molecule has 3 atom stereocenters. The van der Waals surface area contributed by atoms with E-state index in [-0.39, 0.29) is 22.3 Å². The van der Waals surface area contributed by atoms with Crippen LogP contribution in [-0.2, 0) is 16.2 Å². The summed E-state index contributed by atoms with van der Waals surface area (Å²) in [6.45, 7) is 0. The summed E-state index contributed by atoms with van der Waals surface area (Å²) < 4.78 is 70.6. The topological polar surface area (TPSA) is 58.2 Å². The summed E-state index contributed by atoms with van der Waals surface area (Å²) in [5.41, 5.74) is 1.38. The Hall–Kier alpha value is -2.78. The van der Waals surface area contributed by atoms with Gasteiger partial charge in [-0.2, -0.15) is 13.2 Å². The van der Waals surface area contributed by atoms with Gasteiger partial charge in [0.25, 0.3) is 10.0 Å². The van der Waals surface area contributed by atoms with E-state index in [2.05, 4.69) is 26.0 Å². The van der Waals surface area contributed by atoms with Crippen molar-refractivity contribution in [1.82, 2.24) is 0 Å². The molecule has 1 aliphatic heterocycles. The van der Waals surface area contributed by atoms with Crippen LogP contribution in [0.25, 0.3) is 0 Å². The van der Waals surface area contributed by atoms with Crippen LogP contribution < -0.4 is 10.0 Å². The van der Waals surface area contributed by atoms with E-state index in [1.165, 1.54) is 18.2 Å². The van der Waals surface area contributed by atoms with E-state index in [9.17, 15) is 21.6 Å². The fourth-order valence-corrected chi connectivity index (χ4v) is 6.16. The highest BCUT2D eigenvalue weighted by atomic mass is 79.9. The van der Waals surface area contributed by atoms with E-state index < -0.39 is 27.8 Å². The summed E-state index contributed by atoms with van der Waals surface area (Å²) >= 11 is 3.32. The number of hydrogen-bond acceptors (Lipinski definition) is 3. The number of halogens is 4. The zero-order valence-electron chi connectivity index (χ0n) is 17.7. The van der Waals surface area contributed by atoms with E-state index in [0.29, 0.717) is 17.8 Å². The van der Waals surface area contributed by atoms with Crippen molar-refractivity contribution in [3.8, 4) is 0 Å². The van der Waals surface area contributed by atoms with Gasteiger partial charge in [0, 0.05) is 21.8 Å². The van der Waals surface area contributed by atoms with E-state index in [0.717, 1.165) is 16.1 Å². The van der Waals surface area contributed by atoms with E-state index >= 15 is 0 Å². The van der Waals surface area contributed by atoms with Crippen molar-refractivity contribution in [2.45, 2.75) is 29.5 Å². The zero-order valence-corrected chi connectivity index (χ0v) is 20.1. The molecule has 0 spiro atoms. The Labute approximate surface area is 204 Å². The number of nitrogens with one attached hydrogen (secondary N) is 2. The summed E-state index contributed by atoms with van der Waals surface area (Å²) in [6, 6.07) is 16.6. The Bertz CT molecular complexity index is 1370. The van der Waals surface area contributed by atoms with Crippen LogP contribution in [0.2, 0.25) is 0 Å². The maximum Gasteiger partial charge on any atom is 0.416 e. The largest absolute Gasteiger partial charge is 0.416 e. The molecule has 3 aromatic rings. The van der Waals surface area contributed by atoms with Crippen molar-refractivity contribution < 1.29 is 21.6 Å². The third-order valence-electron chi connectivity index (χ3n) is 6.34. The maximum atomic E-state index is 13.7. The number of sulfonamides is 1. The number of hydrogen-bond donors (Lipinski definition) is 2. The van der Waals surface area contributed by atoms with Gasteiger partial charge in [-0.15, -0.1) is 0 Å². The first kappa shape index (κ1) is 23.0. The lowest BCUT2D eigenvalue weighted by Gasteiger charge is -2.38. The van der Waals surface area contributed by atoms with Crippen molar-refractivity contribution >= 4 is 37.3 Å². The predicted molar refractivity (Wildman–Crippen MR) is 129 cm³/mol. The van der Waals surface area contributed by atoms with Gasteiger partial charge in [-0.25, -0.2) is 8.42 Å². The Morgan fingerprint density at radius 1 is 0.971 bits per heavy atom. The van der Waals surface area contributed by atoms with Crippen molar-refractivity contribution in [3.63, 3.8) is 0 Å². The molecule has 1 aliphatic carbocycles. The summed E-state index contributed by atoms with van der Waals surface area (Å²) in [6.07, 6.45) is 0.0570. The lowest BCUT2D eigenvalue weighted by Crippen LogP contribution is -2.31. The Balaban J connectivity index is 1.51. The molecule has 0 amide bonds. The molecule has 0 saturated carbocycles. The highest BCUT2D eigenvalue weighted by molar-refractivity contribution is 9.10. The lowest BCUT2D eigenvalue weighted by molar-refractivity contribution is -0.138. The predicted octanol–water partition coefficient (Wildman–Crippen LogP) is 7.10. The fourth-order valence-electron chi connectivity index (χ4n) is 4.81. The molecule has 176 valence electrons. The molecule has 0 saturated heterocycles. The summed E-state index contributed by atoms with van der Waals surface area (Å²) in [7, 11) is -3.85. The van der Waals surface area contributed by atoms with E-state index in [4.69, 9.17) is 0 Å². The highest BCUT2D eigenvalue weighted by Gasteiger charge is 2.42. The molecule has 3 aromatic carbocycles. The van der Waals surface area contributed by atoms with Gasteiger partial charge in [0.1, 0.15) is 0 Å². The van der Waals surface area contributed by atoms with Crippen LogP contribution in [0.4, 0.5) is 24.5 Å². The van der Waals surface area contributed by atoms with Gasteiger partial charge in [0.15, 0.2) is 0 Å². The third kappa shape index (κ3) is 4.22. The van der Waals surface area contributed by atoms with Crippen LogP contribution in [0.3, 0.4) is 0 Å². The smallest absolute Gasteiger partial charge is 0.378 e. The molecule has 0 aromatic heterocycles. The van der Waals surface area contributed by atoms with Crippen molar-refractivity contribution in [2.75, 3.05) is 10.0 Å². The average molecular weight is 549 g/mol. The van der Waals surface area contributed by atoms with Crippen molar-refractivity contribution in [3.05, 3.63) is 100 Å². The van der Waals surface area contributed by atoms with E-state index in [1.54, 1.807) is 42.5 Å². The van der Waals surface area contributed by atoms with E-state index in [1.807, 2.05) is 12.2 Å². The molecular weight excluding hydrogens is 529 g/mol. The summed E-state index contributed by atoms with van der Waals surface area (Å²) in [5.74, 6) is -0.348. The summed E-state index contributed by atoms with van der Waals surface area (Å²) in [4.78, 5) is 0.101. The van der Waals surface area contributed by atoms with Crippen LogP contribution in [0, 0.1) is 5.92 Å². The SMILES string of the molecule is O=S(=O)(Nc1ccc(Br)cc1)c1ccc2c(c1)[C@H]1C=CC[C@H]1[C@@H](c1ccccc1C(F)(F)F)N2. The first-order chi connectivity index (χ1) is 16.1. The minimum atomic E-state index is -4.46. The van der Waals surface area contributed by atoms with Crippen LogP contribution >= 0.6 is 15.9 Å². The van der Waals surface area contributed by atoms with Gasteiger partial charge < -0.3 is 5.32 Å². The Kier molecular flexibility index (Phi) is 5.72. The second kappa shape index (κ2) is 8.46. The molecule has 2 aliphatic rings. The quantitative estimate of drug-likeness (QED) is 0.342. The van der Waals surface area contributed by atoms with Gasteiger partial charge in [0.2, 0.25) is 0 Å². The molecule has 1 heterocycles. The zero-order chi connectivity index (χ0) is 24.1. The fraction of sp³-hybridized carbons (Fsp3) is 0.200.